The van der Waals surface area contributed by atoms with E-state index in [1.165, 1.54) is 21.6 Å². The summed E-state index contributed by atoms with van der Waals surface area (Å²) in [5, 5.41) is 40.1. The number of aliphatic hydroxyl groups excluding tert-OH is 4. The second kappa shape index (κ2) is 8.76. The van der Waals surface area contributed by atoms with Gasteiger partial charge in [0.25, 0.3) is 0 Å². The number of fused-ring (bicyclic) bond motifs is 1. The van der Waals surface area contributed by atoms with Crippen LogP contribution < -0.4 is 0 Å². The van der Waals surface area contributed by atoms with Crippen LogP contribution in [-0.2, 0) is 11.2 Å². The van der Waals surface area contributed by atoms with Gasteiger partial charge in [-0.1, -0.05) is 49.7 Å². The van der Waals surface area contributed by atoms with Gasteiger partial charge in [-0.2, -0.15) is 0 Å². The second-order valence-electron chi connectivity index (χ2n) is 7.90. The first-order valence-electron chi connectivity index (χ1n) is 10.2. The van der Waals surface area contributed by atoms with Gasteiger partial charge in [-0.15, -0.1) is 11.8 Å². The maximum atomic E-state index is 10.5. The number of hydrogen-bond acceptors (Lipinski definition) is 6. The fourth-order valence-corrected chi connectivity index (χ4v) is 5.52. The molecule has 0 spiro atoms. The first-order chi connectivity index (χ1) is 14.0. The third-order valence-electron chi connectivity index (χ3n) is 5.96. The van der Waals surface area contributed by atoms with E-state index in [2.05, 4.69) is 31.2 Å². The van der Waals surface area contributed by atoms with E-state index in [0.717, 1.165) is 24.2 Å². The van der Waals surface area contributed by atoms with E-state index in [0.29, 0.717) is 0 Å². The van der Waals surface area contributed by atoms with Gasteiger partial charge < -0.3 is 25.2 Å². The minimum absolute atomic E-state index is 0.260. The predicted molar refractivity (Wildman–Crippen MR) is 112 cm³/mol. The van der Waals surface area contributed by atoms with Gasteiger partial charge in [-0.05, 0) is 34.7 Å². The molecule has 4 rings (SSSR count). The highest BCUT2D eigenvalue weighted by Crippen LogP contribution is 2.45. The van der Waals surface area contributed by atoms with Crippen LogP contribution in [0.4, 0.5) is 0 Å². The molecule has 2 aliphatic heterocycles. The van der Waals surface area contributed by atoms with E-state index >= 15 is 0 Å². The quantitative estimate of drug-likeness (QED) is 0.599. The molecule has 0 radical (unpaired) electrons. The Kier molecular flexibility index (Phi) is 6.30. The Morgan fingerprint density at radius 3 is 2.38 bits per heavy atom. The minimum atomic E-state index is -1.37. The topological polar surface area (TPSA) is 90.2 Å². The number of thioether (sulfide) groups is 1. The van der Waals surface area contributed by atoms with Crippen LogP contribution in [0.5, 0.6) is 0 Å². The van der Waals surface area contributed by atoms with Gasteiger partial charge in [0.15, 0.2) is 0 Å². The van der Waals surface area contributed by atoms with Crippen LogP contribution in [0, 0.1) is 0 Å². The van der Waals surface area contributed by atoms with Crippen molar-refractivity contribution >= 4 is 11.8 Å². The lowest BCUT2D eigenvalue weighted by Crippen LogP contribution is -2.55. The average Bonchev–Trinajstić information content (AvgIpc) is 3.16. The SMILES string of the molecule is CCCc1ccc(C2CSc3ccc(C4OC(CO)C(O)C(O)C4O)cc32)cc1. The minimum Gasteiger partial charge on any atom is -0.394 e. The van der Waals surface area contributed by atoms with E-state index < -0.39 is 37.1 Å². The summed E-state index contributed by atoms with van der Waals surface area (Å²) in [6, 6.07) is 14.8. The van der Waals surface area contributed by atoms with Crippen molar-refractivity contribution in [2.75, 3.05) is 12.4 Å². The zero-order chi connectivity index (χ0) is 20.5. The Bertz CT molecular complexity index is 838. The lowest BCUT2D eigenvalue weighted by molar-refractivity contribution is -0.231. The van der Waals surface area contributed by atoms with Crippen molar-refractivity contribution < 1.29 is 25.2 Å². The predicted octanol–water partition coefficient (Wildman–Crippen LogP) is 2.39. The van der Waals surface area contributed by atoms with Crippen molar-refractivity contribution in [3.63, 3.8) is 0 Å². The van der Waals surface area contributed by atoms with Crippen molar-refractivity contribution in [3.8, 4) is 0 Å². The fraction of sp³-hybridized carbons (Fsp3) is 0.478. The van der Waals surface area contributed by atoms with Crippen LogP contribution in [0.3, 0.4) is 0 Å². The number of hydrogen-bond donors (Lipinski definition) is 4. The molecule has 2 aliphatic rings. The van der Waals surface area contributed by atoms with Crippen LogP contribution in [-0.4, -0.2) is 57.2 Å². The van der Waals surface area contributed by atoms with Gasteiger partial charge in [0.1, 0.15) is 30.5 Å². The molecule has 2 heterocycles. The molecule has 0 aliphatic carbocycles. The molecule has 1 fully saturated rings. The molecule has 2 aromatic rings. The normalized spacial score (nSPS) is 31.6. The number of aryl methyl sites for hydroxylation is 1. The van der Waals surface area contributed by atoms with Gasteiger partial charge >= 0.3 is 0 Å². The second-order valence-corrected chi connectivity index (χ2v) is 8.96. The van der Waals surface area contributed by atoms with Gasteiger partial charge in [0, 0.05) is 16.6 Å². The fourth-order valence-electron chi connectivity index (χ4n) is 4.27. The molecular weight excluding hydrogens is 388 g/mol. The Balaban J connectivity index is 1.62. The summed E-state index contributed by atoms with van der Waals surface area (Å²) in [7, 11) is 0. The molecule has 5 nitrogen and oxygen atoms in total. The molecule has 0 aromatic heterocycles. The van der Waals surface area contributed by atoms with Crippen molar-refractivity contribution in [2.45, 2.75) is 61.1 Å². The summed E-state index contributed by atoms with van der Waals surface area (Å²) >= 11 is 1.81. The van der Waals surface area contributed by atoms with E-state index in [-0.39, 0.29) is 5.92 Å². The molecule has 6 atom stereocenters. The molecule has 156 valence electrons. The number of ether oxygens (including phenoxy) is 1. The highest BCUT2D eigenvalue weighted by atomic mass is 32.2. The van der Waals surface area contributed by atoms with Crippen molar-refractivity contribution in [2.24, 2.45) is 0 Å². The zero-order valence-corrected chi connectivity index (χ0v) is 17.3. The smallest absolute Gasteiger partial charge is 0.113 e. The number of benzene rings is 2. The first-order valence-corrected chi connectivity index (χ1v) is 11.2. The monoisotopic (exact) mass is 416 g/mol. The van der Waals surface area contributed by atoms with Crippen LogP contribution >= 0.6 is 11.8 Å². The number of aliphatic hydroxyl groups is 4. The lowest BCUT2D eigenvalue weighted by Gasteiger charge is -2.40. The van der Waals surface area contributed by atoms with E-state index in [1.807, 2.05) is 30.0 Å². The Morgan fingerprint density at radius 2 is 1.69 bits per heavy atom. The lowest BCUT2D eigenvalue weighted by atomic mass is 9.87. The summed E-state index contributed by atoms with van der Waals surface area (Å²) in [5.74, 6) is 1.22. The maximum absolute atomic E-state index is 10.5. The van der Waals surface area contributed by atoms with Gasteiger partial charge in [-0.25, -0.2) is 0 Å². The molecular formula is C23H28O5S. The van der Waals surface area contributed by atoms with Crippen LogP contribution in [0.15, 0.2) is 47.4 Å². The van der Waals surface area contributed by atoms with Crippen LogP contribution in [0.25, 0.3) is 0 Å². The molecule has 4 N–H and O–H groups in total. The van der Waals surface area contributed by atoms with E-state index in [1.54, 1.807) is 0 Å². The molecule has 0 bridgehead atoms. The number of rotatable bonds is 5. The van der Waals surface area contributed by atoms with Crippen molar-refractivity contribution in [1.29, 1.82) is 0 Å². The van der Waals surface area contributed by atoms with Crippen molar-refractivity contribution in [1.82, 2.24) is 0 Å². The summed E-state index contributed by atoms with van der Waals surface area (Å²) in [5.41, 5.74) is 4.54. The third kappa shape index (κ3) is 3.98. The summed E-state index contributed by atoms with van der Waals surface area (Å²) in [4.78, 5) is 1.21. The molecule has 0 amide bonds. The molecule has 6 unspecified atom stereocenters. The van der Waals surface area contributed by atoms with Crippen LogP contribution in [0.1, 0.15) is 47.6 Å². The summed E-state index contributed by atoms with van der Waals surface area (Å²) < 4.78 is 5.74. The van der Waals surface area contributed by atoms with Gasteiger partial charge in [-0.3, -0.25) is 0 Å². The Hall–Kier alpha value is -1.41. The third-order valence-corrected chi connectivity index (χ3v) is 7.14. The van der Waals surface area contributed by atoms with Gasteiger partial charge in [0.2, 0.25) is 0 Å². The average molecular weight is 417 g/mol. The van der Waals surface area contributed by atoms with E-state index in [4.69, 9.17) is 4.74 Å². The van der Waals surface area contributed by atoms with Gasteiger partial charge in [0.05, 0.1) is 6.61 Å². The maximum Gasteiger partial charge on any atom is 0.113 e. The Labute approximate surface area is 175 Å². The largest absolute Gasteiger partial charge is 0.394 e. The van der Waals surface area contributed by atoms with E-state index in [9.17, 15) is 20.4 Å². The molecule has 6 heteroatoms. The summed E-state index contributed by atoms with van der Waals surface area (Å²) in [6.07, 6.45) is -3.45. The Morgan fingerprint density at radius 1 is 0.966 bits per heavy atom. The van der Waals surface area contributed by atoms with Crippen molar-refractivity contribution in [3.05, 3.63) is 64.7 Å². The summed E-state index contributed by atoms with van der Waals surface area (Å²) in [6.45, 7) is 1.76. The first kappa shape index (κ1) is 20.8. The molecule has 1 saturated heterocycles. The highest BCUT2D eigenvalue weighted by molar-refractivity contribution is 7.99. The van der Waals surface area contributed by atoms with Crippen LogP contribution in [0.2, 0.25) is 0 Å². The molecule has 2 aromatic carbocycles. The molecule has 29 heavy (non-hydrogen) atoms. The zero-order valence-electron chi connectivity index (χ0n) is 16.4. The highest BCUT2D eigenvalue weighted by Gasteiger charge is 2.44. The molecule has 0 saturated carbocycles. The standard InChI is InChI=1S/C23H28O5S/c1-2-3-13-4-6-14(7-5-13)17-12-29-19-9-8-15(10-16(17)19)23-22(27)21(26)20(25)18(11-24)28-23/h4-10,17-18,20-27H,2-3,11-12H2,1H3.